The number of hydrogen-bond acceptors (Lipinski definition) is 6. The van der Waals surface area contributed by atoms with Crippen molar-refractivity contribution in [1.82, 2.24) is 24.6 Å². The van der Waals surface area contributed by atoms with E-state index < -0.39 is 28.9 Å². The molecule has 4 aromatic heterocycles. The fraction of sp³-hybridized carbons (Fsp3) is 0.194. The summed E-state index contributed by atoms with van der Waals surface area (Å²) >= 11 is 0. The predicted octanol–water partition coefficient (Wildman–Crippen LogP) is 6.64. The van der Waals surface area contributed by atoms with Crippen LogP contribution in [0.3, 0.4) is 0 Å². The summed E-state index contributed by atoms with van der Waals surface area (Å²) in [5.41, 5.74) is 5.00. The van der Waals surface area contributed by atoms with Gasteiger partial charge in [0.05, 0.1) is 40.0 Å². The largest absolute Gasteiger partial charge is 0.455 e. The first-order valence-corrected chi connectivity index (χ1v) is 17.0. The lowest BCUT2D eigenvalue weighted by atomic mass is 10.0. The van der Waals surface area contributed by atoms with E-state index in [1.54, 1.807) is 47.9 Å². The van der Waals surface area contributed by atoms with Crippen molar-refractivity contribution in [2.24, 2.45) is 0 Å². The highest BCUT2D eigenvalue weighted by Crippen LogP contribution is 2.41. The minimum absolute atomic E-state index is 0.251. The van der Waals surface area contributed by atoms with Crippen LogP contribution in [-0.4, -0.2) is 69.0 Å². The van der Waals surface area contributed by atoms with Gasteiger partial charge in [-0.05, 0) is 60.7 Å². The van der Waals surface area contributed by atoms with Crippen LogP contribution in [0.2, 0.25) is 0 Å². The lowest BCUT2D eigenvalue weighted by Gasteiger charge is -2.34. The minimum Gasteiger partial charge on any atom is -0.455 e. The molecule has 5 heterocycles. The van der Waals surface area contributed by atoms with E-state index in [0.717, 1.165) is 0 Å². The second-order valence-electron chi connectivity index (χ2n) is 12.1. The van der Waals surface area contributed by atoms with Gasteiger partial charge in [0.2, 0.25) is 0 Å². The smallest absolute Gasteiger partial charge is 0.255 e. The average molecular weight is 683 g/mol. The van der Waals surface area contributed by atoms with E-state index in [1.807, 2.05) is 21.4 Å². The van der Waals surface area contributed by atoms with Gasteiger partial charge < -0.3 is 9.73 Å². The number of aromatic nitrogens is 3. The summed E-state index contributed by atoms with van der Waals surface area (Å²) in [6.07, 6.45) is 0.662. The van der Waals surface area contributed by atoms with Gasteiger partial charge in [0, 0.05) is 61.4 Å². The maximum atomic E-state index is 15.1. The van der Waals surface area contributed by atoms with Crippen molar-refractivity contribution in [2.45, 2.75) is 12.7 Å². The Morgan fingerprint density at radius 2 is 1.80 bits per heavy atom. The molecule has 13 heteroatoms. The lowest BCUT2D eigenvalue weighted by Crippen LogP contribution is -2.47. The van der Waals surface area contributed by atoms with Crippen molar-refractivity contribution in [3.05, 3.63) is 95.8 Å². The molecular weight excluding hydrogens is 653 g/mol. The number of halogens is 3. The first kappa shape index (κ1) is 31.0. The number of alkyl halides is 1. The van der Waals surface area contributed by atoms with Crippen molar-refractivity contribution in [3.8, 4) is 22.6 Å². The van der Waals surface area contributed by atoms with E-state index in [2.05, 4.69) is 5.32 Å². The molecule has 1 aliphatic rings. The SMILES string of the molecule is CNC(=O)c1c(-c2ccc(F)cc2)oc2cc(N(C)S(C)=O)c(-c3ccc4nc(CN5CC(F)C5)n5c6cccc(F)c6cc5c4n3)cc12. The van der Waals surface area contributed by atoms with Gasteiger partial charge in [0.25, 0.3) is 5.91 Å². The molecular formula is C36H29F3N6O3S. The zero-order chi connectivity index (χ0) is 34.1. The van der Waals surface area contributed by atoms with Gasteiger partial charge in [-0.1, -0.05) is 6.07 Å². The van der Waals surface area contributed by atoms with Crippen molar-refractivity contribution >= 4 is 61.0 Å². The number of benzene rings is 3. The van der Waals surface area contributed by atoms with Crippen LogP contribution in [0.5, 0.6) is 0 Å². The van der Waals surface area contributed by atoms with Crippen LogP contribution in [0, 0.1) is 11.6 Å². The molecule has 1 N–H and O–H groups in total. The van der Waals surface area contributed by atoms with Crippen LogP contribution >= 0.6 is 0 Å². The second-order valence-corrected chi connectivity index (χ2v) is 13.5. The van der Waals surface area contributed by atoms with Crippen molar-refractivity contribution in [1.29, 1.82) is 0 Å². The summed E-state index contributed by atoms with van der Waals surface area (Å²) in [6.45, 7) is 0.985. The Kier molecular flexibility index (Phi) is 7.41. The van der Waals surface area contributed by atoms with E-state index in [9.17, 15) is 17.8 Å². The summed E-state index contributed by atoms with van der Waals surface area (Å²) in [5.74, 6) is -0.330. The van der Waals surface area contributed by atoms with E-state index >= 15 is 4.39 Å². The number of pyridine rings is 1. The molecule has 49 heavy (non-hydrogen) atoms. The molecule has 0 radical (unpaired) electrons. The van der Waals surface area contributed by atoms with Gasteiger partial charge in [0.1, 0.15) is 51.5 Å². The standard InChI is InChI=1S/C36H29F3N6O3S/c1-40-36(46)33-24-13-23(29(43(2)49(3)47)15-31(24)48-35(33)19-7-9-20(37)10-8-19)26-11-12-27-34(42-26)30-14-22-25(39)5-4-6-28(22)45(30)32(41-27)18-44-16-21(38)17-44/h4-15,21H,16-18H2,1-3H3,(H,40,46). The van der Waals surface area contributed by atoms with Crippen molar-refractivity contribution < 1.29 is 26.6 Å². The van der Waals surface area contributed by atoms with Crippen LogP contribution < -0.4 is 9.62 Å². The molecule has 248 valence electrons. The molecule has 0 aliphatic carbocycles. The molecule has 0 bridgehead atoms. The third-order valence-corrected chi connectivity index (χ3v) is 10.0. The average Bonchev–Trinajstić information content (AvgIpc) is 3.66. The fourth-order valence-corrected chi connectivity index (χ4v) is 6.98. The number of amides is 1. The summed E-state index contributed by atoms with van der Waals surface area (Å²) < 4.78 is 65.2. The van der Waals surface area contributed by atoms with Gasteiger partial charge in [-0.3, -0.25) is 18.4 Å². The van der Waals surface area contributed by atoms with E-state index in [4.69, 9.17) is 14.4 Å². The molecule has 1 saturated heterocycles. The zero-order valence-corrected chi connectivity index (χ0v) is 27.4. The molecule has 1 aliphatic heterocycles. The summed E-state index contributed by atoms with van der Waals surface area (Å²) in [4.78, 5) is 25.3. The lowest BCUT2D eigenvalue weighted by molar-refractivity contribution is 0.0567. The number of furan rings is 1. The molecule has 0 saturated carbocycles. The minimum atomic E-state index is -1.45. The summed E-state index contributed by atoms with van der Waals surface area (Å²) in [6, 6.07) is 19.3. The highest BCUT2D eigenvalue weighted by Gasteiger charge is 2.29. The Balaban J connectivity index is 1.38. The number of rotatable bonds is 7. The second kappa shape index (κ2) is 11.7. The number of anilines is 1. The van der Waals surface area contributed by atoms with Gasteiger partial charge in [-0.15, -0.1) is 0 Å². The molecule has 9 nitrogen and oxygen atoms in total. The molecule has 1 amide bonds. The topological polar surface area (TPSA) is 96.0 Å². The van der Waals surface area contributed by atoms with Gasteiger partial charge in [0.15, 0.2) is 0 Å². The quantitative estimate of drug-likeness (QED) is 0.203. The molecule has 8 rings (SSSR count). The van der Waals surface area contributed by atoms with E-state index in [0.29, 0.717) is 86.4 Å². The molecule has 1 unspecified atom stereocenters. The van der Waals surface area contributed by atoms with Crippen LogP contribution in [0.1, 0.15) is 16.2 Å². The molecule has 0 spiro atoms. The maximum Gasteiger partial charge on any atom is 0.255 e. The first-order chi connectivity index (χ1) is 23.6. The number of hydrogen-bond donors (Lipinski definition) is 1. The molecule has 3 aromatic carbocycles. The van der Waals surface area contributed by atoms with E-state index in [-0.39, 0.29) is 17.1 Å². The zero-order valence-electron chi connectivity index (χ0n) is 26.6. The number of carbonyl (C=O) groups excluding carboxylic acids is 1. The number of likely N-dealkylation sites (tertiary alicyclic amines) is 1. The Labute approximate surface area is 280 Å². The molecule has 1 fully saturated rings. The van der Waals surface area contributed by atoms with Crippen LogP contribution in [0.15, 0.2) is 77.2 Å². The van der Waals surface area contributed by atoms with Crippen molar-refractivity contribution in [3.63, 3.8) is 0 Å². The third kappa shape index (κ3) is 5.11. The van der Waals surface area contributed by atoms with Crippen LogP contribution in [0.4, 0.5) is 18.9 Å². The Hall–Kier alpha value is -5.27. The first-order valence-electron chi connectivity index (χ1n) is 15.5. The van der Waals surface area contributed by atoms with Crippen LogP contribution in [-0.2, 0) is 17.5 Å². The van der Waals surface area contributed by atoms with E-state index in [1.165, 1.54) is 37.4 Å². The third-order valence-electron chi connectivity index (χ3n) is 9.06. The number of carbonyl (C=O) groups is 1. The Morgan fingerprint density at radius 1 is 1.02 bits per heavy atom. The highest BCUT2D eigenvalue weighted by atomic mass is 32.2. The van der Waals surface area contributed by atoms with Gasteiger partial charge in [-0.2, -0.15) is 0 Å². The fourth-order valence-electron chi connectivity index (χ4n) is 6.55. The Bertz CT molecular complexity index is 2490. The van der Waals surface area contributed by atoms with Crippen molar-refractivity contribution in [2.75, 3.05) is 37.7 Å². The molecule has 7 aromatic rings. The summed E-state index contributed by atoms with van der Waals surface area (Å²) in [5, 5.41) is 3.55. The summed E-state index contributed by atoms with van der Waals surface area (Å²) in [7, 11) is 1.74. The monoisotopic (exact) mass is 682 g/mol. The number of nitrogens with one attached hydrogen (secondary N) is 1. The predicted molar refractivity (Wildman–Crippen MR) is 185 cm³/mol. The van der Waals surface area contributed by atoms with Crippen LogP contribution in [0.25, 0.3) is 61.0 Å². The van der Waals surface area contributed by atoms with Gasteiger partial charge >= 0.3 is 0 Å². The molecule has 1 atom stereocenters. The maximum absolute atomic E-state index is 15.1. The van der Waals surface area contributed by atoms with Gasteiger partial charge in [-0.25, -0.2) is 27.3 Å². The highest BCUT2D eigenvalue weighted by molar-refractivity contribution is 7.85. The normalized spacial score (nSPS) is 14.6. The Morgan fingerprint density at radius 3 is 2.51 bits per heavy atom. The number of fused-ring (bicyclic) bond motifs is 6. The number of nitrogens with zero attached hydrogens (tertiary/aromatic N) is 5.